The van der Waals surface area contributed by atoms with Gasteiger partial charge in [0, 0.05) is 29.5 Å². The fraction of sp³-hybridized carbons (Fsp3) is 0.238. The maximum absolute atomic E-state index is 14.0. The summed E-state index contributed by atoms with van der Waals surface area (Å²) in [6, 6.07) is 9.84. The highest BCUT2D eigenvalue weighted by molar-refractivity contribution is 5.88. The molecular formula is C21H19FN4. The van der Waals surface area contributed by atoms with Crippen LogP contribution >= 0.6 is 0 Å². The average molecular weight is 346 g/mol. The summed E-state index contributed by atoms with van der Waals surface area (Å²) in [7, 11) is 0. The van der Waals surface area contributed by atoms with Crippen LogP contribution in [-0.2, 0) is 13.0 Å². The van der Waals surface area contributed by atoms with E-state index in [4.69, 9.17) is 4.98 Å². The number of fused-ring (bicyclic) bond motifs is 2. The van der Waals surface area contributed by atoms with Crippen molar-refractivity contribution in [1.29, 1.82) is 0 Å². The van der Waals surface area contributed by atoms with Crippen LogP contribution in [0, 0.1) is 19.7 Å². The largest absolute Gasteiger partial charge is 0.327 e. The first-order valence-electron chi connectivity index (χ1n) is 8.92. The lowest BCUT2D eigenvalue weighted by Gasteiger charge is -2.12. The van der Waals surface area contributed by atoms with Gasteiger partial charge < -0.3 is 4.57 Å². The van der Waals surface area contributed by atoms with E-state index in [0.717, 1.165) is 64.2 Å². The quantitative estimate of drug-likeness (QED) is 0.567. The predicted molar refractivity (Wildman–Crippen MR) is 101 cm³/mol. The van der Waals surface area contributed by atoms with Gasteiger partial charge in [0.1, 0.15) is 11.6 Å². The molecule has 0 atom stereocenters. The summed E-state index contributed by atoms with van der Waals surface area (Å²) in [5.41, 5.74) is 6.78. The minimum atomic E-state index is -0.167. The van der Waals surface area contributed by atoms with Gasteiger partial charge in [-0.2, -0.15) is 5.10 Å². The van der Waals surface area contributed by atoms with E-state index in [1.165, 1.54) is 0 Å². The van der Waals surface area contributed by atoms with Crippen LogP contribution < -0.4 is 0 Å². The van der Waals surface area contributed by atoms with Crippen LogP contribution in [0.3, 0.4) is 0 Å². The fourth-order valence-corrected chi connectivity index (χ4v) is 3.93. The molecule has 5 rings (SSSR count). The smallest absolute Gasteiger partial charge is 0.126 e. The van der Waals surface area contributed by atoms with Crippen LogP contribution in [0.4, 0.5) is 4.39 Å². The minimum Gasteiger partial charge on any atom is -0.327 e. The molecule has 4 aromatic rings. The SMILES string of the molecule is Cc1cc(-c2nc3n(c2-c2ccc4[nH]ncc4c2)CCC3)c(C)cc1F. The second kappa shape index (κ2) is 5.53. The number of rotatable bonds is 2. The molecule has 0 radical (unpaired) electrons. The number of halogens is 1. The molecule has 3 heterocycles. The van der Waals surface area contributed by atoms with Gasteiger partial charge in [0.15, 0.2) is 0 Å². The van der Waals surface area contributed by atoms with Crippen molar-refractivity contribution < 1.29 is 4.39 Å². The maximum Gasteiger partial charge on any atom is 0.126 e. The summed E-state index contributed by atoms with van der Waals surface area (Å²) in [5, 5.41) is 8.20. The zero-order valence-electron chi connectivity index (χ0n) is 14.8. The molecule has 4 nitrogen and oxygen atoms in total. The van der Waals surface area contributed by atoms with E-state index in [1.807, 2.05) is 19.2 Å². The van der Waals surface area contributed by atoms with Gasteiger partial charge in [-0.05, 0) is 55.7 Å². The normalized spacial score (nSPS) is 13.5. The second-order valence-corrected chi connectivity index (χ2v) is 7.07. The number of H-pyrrole nitrogens is 1. The van der Waals surface area contributed by atoms with E-state index >= 15 is 0 Å². The van der Waals surface area contributed by atoms with Crippen LogP contribution in [0.5, 0.6) is 0 Å². The Morgan fingerprint density at radius 2 is 2.00 bits per heavy atom. The van der Waals surface area contributed by atoms with Gasteiger partial charge in [0.25, 0.3) is 0 Å². The average Bonchev–Trinajstić information content (AvgIpc) is 3.32. The van der Waals surface area contributed by atoms with Crippen molar-refractivity contribution in [3.05, 3.63) is 59.3 Å². The third-order valence-electron chi connectivity index (χ3n) is 5.30. The Kier molecular flexibility index (Phi) is 3.26. The standard InChI is InChI=1S/C21H19FN4/c1-12-9-17(22)13(2)8-16(12)20-21(26-7-3-4-19(26)24-20)14-5-6-18-15(10-14)11-23-25-18/h5-6,8-11H,3-4,7H2,1-2H3,(H,23,25). The lowest BCUT2D eigenvalue weighted by molar-refractivity contribution is 0.617. The molecule has 0 unspecified atom stereocenters. The van der Waals surface area contributed by atoms with Gasteiger partial charge in [-0.15, -0.1) is 0 Å². The molecule has 0 fully saturated rings. The zero-order chi connectivity index (χ0) is 17.8. The highest BCUT2D eigenvalue weighted by Crippen LogP contribution is 2.38. The van der Waals surface area contributed by atoms with E-state index in [0.29, 0.717) is 5.56 Å². The fourth-order valence-electron chi connectivity index (χ4n) is 3.93. The van der Waals surface area contributed by atoms with Gasteiger partial charge in [0.2, 0.25) is 0 Å². The van der Waals surface area contributed by atoms with Crippen molar-refractivity contribution in [2.45, 2.75) is 33.2 Å². The van der Waals surface area contributed by atoms with Crippen molar-refractivity contribution in [1.82, 2.24) is 19.7 Å². The Hall–Kier alpha value is -2.95. The molecule has 1 aliphatic rings. The van der Waals surface area contributed by atoms with Crippen LogP contribution in [0.25, 0.3) is 33.4 Å². The molecule has 0 bridgehead atoms. The highest BCUT2D eigenvalue weighted by Gasteiger charge is 2.24. The van der Waals surface area contributed by atoms with E-state index in [1.54, 1.807) is 13.0 Å². The second-order valence-electron chi connectivity index (χ2n) is 7.07. The molecule has 0 saturated heterocycles. The molecule has 0 amide bonds. The van der Waals surface area contributed by atoms with Crippen LogP contribution in [0.15, 0.2) is 36.5 Å². The number of hydrogen-bond donors (Lipinski definition) is 1. The number of nitrogens with zero attached hydrogens (tertiary/aromatic N) is 3. The van der Waals surface area contributed by atoms with Crippen molar-refractivity contribution in [2.24, 2.45) is 0 Å². The zero-order valence-corrected chi connectivity index (χ0v) is 14.8. The maximum atomic E-state index is 14.0. The first-order valence-corrected chi connectivity index (χ1v) is 8.92. The van der Waals surface area contributed by atoms with Gasteiger partial charge in [-0.3, -0.25) is 5.10 Å². The monoisotopic (exact) mass is 346 g/mol. The molecule has 5 heteroatoms. The molecule has 0 saturated carbocycles. The summed E-state index contributed by atoms with van der Waals surface area (Å²) < 4.78 is 16.3. The van der Waals surface area contributed by atoms with Crippen molar-refractivity contribution >= 4 is 10.9 Å². The highest BCUT2D eigenvalue weighted by atomic mass is 19.1. The van der Waals surface area contributed by atoms with E-state index < -0.39 is 0 Å². The third-order valence-corrected chi connectivity index (χ3v) is 5.30. The van der Waals surface area contributed by atoms with Gasteiger partial charge in [0.05, 0.1) is 23.1 Å². The van der Waals surface area contributed by atoms with E-state index in [9.17, 15) is 4.39 Å². The molecule has 0 aliphatic carbocycles. The molecule has 0 spiro atoms. The first-order chi connectivity index (χ1) is 12.6. The lowest BCUT2D eigenvalue weighted by Crippen LogP contribution is -1.97. The molecule has 130 valence electrons. The van der Waals surface area contributed by atoms with Crippen LogP contribution in [0.2, 0.25) is 0 Å². The number of aromatic amines is 1. The number of hydrogen-bond acceptors (Lipinski definition) is 2. The minimum absolute atomic E-state index is 0.167. The van der Waals surface area contributed by atoms with Gasteiger partial charge in [-0.25, -0.2) is 9.37 Å². The summed E-state index contributed by atoms with van der Waals surface area (Å²) in [5.74, 6) is 0.947. The van der Waals surface area contributed by atoms with Gasteiger partial charge >= 0.3 is 0 Å². The number of aryl methyl sites for hydroxylation is 3. The van der Waals surface area contributed by atoms with Crippen LogP contribution in [0.1, 0.15) is 23.4 Å². The van der Waals surface area contributed by atoms with Crippen molar-refractivity contribution in [3.8, 4) is 22.5 Å². The Balaban J connectivity index is 1.78. The predicted octanol–water partition coefficient (Wildman–Crippen LogP) is 4.80. The molecule has 1 aliphatic heterocycles. The summed E-state index contributed by atoms with van der Waals surface area (Å²) in [6.07, 6.45) is 3.94. The first kappa shape index (κ1) is 15.3. The molecule has 26 heavy (non-hydrogen) atoms. The number of imidazole rings is 1. The van der Waals surface area contributed by atoms with Gasteiger partial charge in [-0.1, -0.05) is 6.07 Å². The Morgan fingerprint density at radius 1 is 1.12 bits per heavy atom. The van der Waals surface area contributed by atoms with E-state index in [-0.39, 0.29) is 5.82 Å². The Labute approximate surface area is 150 Å². The van der Waals surface area contributed by atoms with Crippen molar-refractivity contribution in [2.75, 3.05) is 0 Å². The van der Waals surface area contributed by atoms with Crippen LogP contribution in [-0.4, -0.2) is 19.7 Å². The molecule has 2 aromatic carbocycles. The molecular weight excluding hydrogens is 327 g/mol. The number of nitrogens with one attached hydrogen (secondary N) is 1. The Bertz CT molecular complexity index is 1150. The molecule has 2 aromatic heterocycles. The third kappa shape index (κ3) is 2.20. The number of benzene rings is 2. The lowest BCUT2D eigenvalue weighted by atomic mass is 9.98. The summed E-state index contributed by atoms with van der Waals surface area (Å²) in [4.78, 5) is 4.95. The Morgan fingerprint density at radius 3 is 2.88 bits per heavy atom. The summed E-state index contributed by atoms with van der Waals surface area (Å²) >= 11 is 0. The van der Waals surface area contributed by atoms with Crippen molar-refractivity contribution in [3.63, 3.8) is 0 Å². The molecule has 1 N–H and O–H groups in total. The topological polar surface area (TPSA) is 46.5 Å². The number of aromatic nitrogens is 4. The van der Waals surface area contributed by atoms with E-state index in [2.05, 4.69) is 33.0 Å². The summed E-state index contributed by atoms with van der Waals surface area (Å²) in [6.45, 7) is 4.73.